The second-order valence-electron chi connectivity index (χ2n) is 3.43. The van der Waals surface area contributed by atoms with E-state index in [1.165, 1.54) is 4.88 Å². The maximum absolute atomic E-state index is 11.5. The molecule has 1 rings (SSSR count). The van der Waals surface area contributed by atoms with E-state index < -0.39 is 0 Å². The number of hydrogen-bond donors (Lipinski definition) is 0. The topological polar surface area (TPSA) is 17.1 Å². The third-order valence-corrected chi connectivity index (χ3v) is 2.65. The lowest BCUT2D eigenvalue weighted by molar-refractivity contribution is 0.0972. The first-order chi connectivity index (χ1) is 5.59. The van der Waals surface area contributed by atoms with Gasteiger partial charge in [0.25, 0.3) is 0 Å². The van der Waals surface area contributed by atoms with Crippen molar-refractivity contribution in [3.05, 3.63) is 21.9 Å². The Morgan fingerprint density at radius 3 is 2.58 bits per heavy atom. The normalized spacial score (nSPS) is 10.7. The highest BCUT2D eigenvalue weighted by Crippen LogP contribution is 2.18. The Balaban J connectivity index is 2.65. The van der Waals surface area contributed by atoms with Crippen LogP contribution in [0.25, 0.3) is 0 Å². The quantitative estimate of drug-likeness (QED) is 0.656. The van der Waals surface area contributed by atoms with Crippen LogP contribution in [0.4, 0.5) is 0 Å². The fraction of sp³-hybridized carbons (Fsp3) is 0.500. The van der Waals surface area contributed by atoms with Gasteiger partial charge in [-0.05, 0) is 25.0 Å². The van der Waals surface area contributed by atoms with Crippen molar-refractivity contribution in [1.82, 2.24) is 0 Å². The highest BCUT2D eigenvalue weighted by atomic mass is 32.1. The van der Waals surface area contributed by atoms with Crippen molar-refractivity contribution in [2.45, 2.75) is 27.2 Å². The zero-order valence-electron chi connectivity index (χ0n) is 7.76. The van der Waals surface area contributed by atoms with Gasteiger partial charge >= 0.3 is 0 Å². The summed E-state index contributed by atoms with van der Waals surface area (Å²) in [5.41, 5.74) is 0. The van der Waals surface area contributed by atoms with E-state index in [0.29, 0.717) is 12.3 Å². The smallest absolute Gasteiger partial charge is 0.173 e. The van der Waals surface area contributed by atoms with Gasteiger partial charge in [0.2, 0.25) is 0 Å². The molecule has 1 aromatic rings. The van der Waals surface area contributed by atoms with E-state index in [0.717, 1.165) is 4.88 Å². The molecule has 0 aliphatic rings. The highest BCUT2D eigenvalue weighted by Gasteiger charge is 2.09. The molecule has 0 radical (unpaired) electrons. The van der Waals surface area contributed by atoms with E-state index in [4.69, 9.17) is 0 Å². The van der Waals surface area contributed by atoms with E-state index in [9.17, 15) is 4.79 Å². The third kappa shape index (κ3) is 2.45. The number of rotatable bonds is 3. The van der Waals surface area contributed by atoms with Gasteiger partial charge in [-0.25, -0.2) is 0 Å². The second kappa shape index (κ2) is 3.85. The van der Waals surface area contributed by atoms with Crippen LogP contribution in [-0.4, -0.2) is 5.78 Å². The van der Waals surface area contributed by atoms with Crippen LogP contribution in [0, 0.1) is 12.8 Å². The van der Waals surface area contributed by atoms with Crippen LogP contribution in [0.15, 0.2) is 12.1 Å². The van der Waals surface area contributed by atoms with Crippen LogP contribution in [-0.2, 0) is 0 Å². The summed E-state index contributed by atoms with van der Waals surface area (Å²) in [6.07, 6.45) is 0.667. The van der Waals surface area contributed by atoms with Crippen LogP contribution < -0.4 is 0 Å². The zero-order valence-corrected chi connectivity index (χ0v) is 8.57. The number of thiophene rings is 1. The molecule has 0 N–H and O–H groups in total. The van der Waals surface area contributed by atoms with Crippen LogP contribution in [0.5, 0.6) is 0 Å². The summed E-state index contributed by atoms with van der Waals surface area (Å²) in [6, 6.07) is 3.92. The molecule has 1 nitrogen and oxygen atoms in total. The largest absolute Gasteiger partial charge is 0.293 e. The molecule has 0 saturated carbocycles. The van der Waals surface area contributed by atoms with Crippen molar-refractivity contribution in [3.8, 4) is 0 Å². The molecule has 0 spiro atoms. The molecule has 0 unspecified atom stereocenters. The number of ketones is 1. The van der Waals surface area contributed by atoms with E-state index in [1.54, 1.807) is 11.3 Å². The number of hydrogen-bond acceptors (Lipinski definition) is 2. The Labute approximate surface area is 77.4 Å². The maximum Gasteiger partial charge on any atom is 0.173 e. The second-order valence-corrected chi connectivity index (χ2v) is 4.72. The van der Waals surface area contributed by atoms with Crippen molar-refractivity contribution in [1.29, 1.82) is 0 Å². The minimum atomic E-state index is 0.281. The lowest BCUT2D eigenvalue weighted by Gasteiger charge is -2.00. The van der Waals surface area contributed by atoms with Crippen LogP contribution >= 0.6 is 11.3 Å². The molecule has 0 aliphatic heterocycles. The molecule has 0 amide bonds. The van der Waals surface area contributed by atoms with Gasteiger partial charge in [0, 0.05) is 11.3 Å². The number of carbonyl (C=O) groups excluding carboxylic acids is 1. The fourth-order valence-corrected chi connectivity index (χ4v) is 1.87. The molecular formula is C10H14OS. The molecule has 2 heteroatoms. The monoisotopic (exact) mass is 182 g/mol. The molecule has 0 saturated heterocycles. The molecule has 0 bridgehead atoms. The summed E-state index contributed by atoms with van der Waals surface area (Å²) in [4.78, 5) is 13.6. The van der Waals surface area contributed by atoms with E-state index in [2.05, 4.69) is 13.8 Å². The molecule has 0 atom stereocenters. The Bertz CT molecular complexity index is 273. The Morgan fingerprint density at radius 1 is 1.50 bits per heavy atom. The molecule has 12 heavy (non-hydrogen) atoms. The van der Waals surface area contributed by atoms with Crippen molar-refractivity contribution < 1.29 is 4.79 Å². The maximum atomic E-state index is 11.5. The first kappa shape index (κ1) is 9.46. The van der Waals surface area contributed by atoms with Crippen LogP contribution in [0.1, 0.15) is 34.8 Å². The minimum Gasteiger partial charge on any atom is -0.293 e. The molecular weight excluding hydrogens is 168 g/mol. The van der Waals surface area contributed by atoms with Gasteiger partial charge in [0.05, 0.1) is 4.88 Å². The summed E-state index contributed by atoms with van der Waals surface area (Å²) in [5.74, 6) is 0.739. The van der Waals surface area contributed by atoms with Crippen molar-refractivity contribution >= 4 is 17.1 Å². The predicted molar refractivity (Wildman–Crippen MR) is 52.8 cm³/mol. The first-order valence-electron chi connectivity index (χ1n) is 4.19. The molecule has 0 aliphatic carbocycles. The summed E-state index contributed by atoms with van der Waals surface area (Å²) >= 11 is 1.59. The van der Waals surface area contributed by atoms with Crippen LogP contribution in [0.2, 0.25) is 0 Å². The molecule has 0 aromatic carbocycles. The number of carbonyl (C=O) groups is 1. The average molecular weight is 182 g/mol. The summed E-state index contributed by atoms with van der Waals surface area (Å²) in [6.45, 7) is 6.16. The van der Waals surface area contributed by atoms with Gasteiger partial charge in [-0.3, -0.25) is 4.79 Å². The van der Waals surface area contributed by atoms with Gasteiger partial charge in [0.15, 0.2) is 5.78 Å². The molecule has 1 aromatic heterocycles. The lowest BCUT2D eigenvalue weighted by atomic mass is 10.1. The molecule has 0 fully saturated rings. The third-order valence-electron chi connectivity index (χ3n) is 1.61. The van der Waals surface area contributed by atoms with Gasteiger partial charge in [-0.15, -0.1) is 11.3 Å². The Morgan fingerprint density at radius 2 is 2.17 bits per heavy atom. The number of aryl methyl sites for hydroxylation is 1. The van der Waals surface area contributed by atoms with E-state index in [-0.39, 0.29) is 5.78 Å². The summed E-state index contributed by atoms with van der Waals surface area (Å²) < 4.78 is 0. The van der Waals surface area contributed by atoms with Crippen molar-refractivity contribution in [2.75, 3.05) is 0 Å². The van der Waals surface area contributed by atoms with Gasteiger partial charge in [-0.1, -0.05) is 13.8 Å². The molecule has 66 valence electrons. The summed E-state index contributed by atoms with van der Waals surface area (Å²) in [7, 11) is 0. The first-order valence-corrected chi connectivity index (χ1v) is 5.01. The standard InChI is InChI=1S/C10H14OS/c1-7(2)6-9(11)10-5-4-8(3)12-10/h4-5,7H,6H2,1-3H3. The van der Waals surface area contributed by atoms with E-state index in [1.807, 2.05) is 19.1 Å². The lowest BCUT2D eigenvalue weighted by Crippen LogP contribution is -2.00. The van der Waals surface area contributed by atoms with Gasteiger partial charge in [-0.2, -0.15) is 0 Å². The minimum absolute atomic E-state index is 0.281. The van der Waals surface area contributed by atoms with Crippen molar-refractivity contribution in [2.24, 2.45) is 5.92 Å². The van der Waals surface area contributed by atoms with Gasteiger partial charge in [0.1, 0.15) is 0 Å². The SMILES string of the molecule is Cc1ccc(C(=O)CC(C)C)s1. The zero-order chi connectivity index (χ0) is 9.14. The average Bonchev–Trinajstić information content (AvgIpc) is 2.34. The number of Topliss-reactive ketones (excluding diaryl/α,β-unsaturated/α-hetero) is 1. The van der Waals surface area contributed by atoms with Crippen molar-refractivity contribution in [3.63, 3.8) is 0 Å². The fourth-order valence-electron chi connectivity index (χ4n) is 1.06. The van der Waals surface area contributed by atoms with Gasteiger partial charge < -0.3 is 0 Å². The Kier molecular flexibility index (Phi) is 3.04. The Hall–Kier alpha value is -0.630. The highest BCUT2D eigenvalue weighted by molar-refractivity contribution is 7.14. The predicted octanol–water partition coefficient (Wildman–Crippen LogP) is 3.29. The van der Waals surface area contributed by atoms with Crippen LogP contribution in [0.3, 0.4) is 0 Å². The molecule has 1 heterocycles. The summed E-state index contributed by atoms with van der Waals surface area (Å²) in [5, 5.41) is 0. The van der Waals surface area contributed by atoms with E-state index >= 15 is 0 Å².